The van der Waals surface area contributed by atoms with E-state index in [2.05, 4.69) is 4.98 Å². The molecule has 1 aromatic carbocycles. The summed E-state index contributed by atoms with van der Waals surface area (Å²) in [7, 11) is -3.74. The Morgan fingerprint density at radius 3 is 2.85 bits per heavy atom. The van der Waals surface area contributed by atoms with Crippen LogP contribution in [0.1, 0.15) is 6.42 Å². The Morgan fingerprint density at radius 2 is 2.15 bits per heavy atom. The van der Waals surface area contributed by atoms with Crippen molar-refractivity contribution < 1.29 is 12.8 Å². The summed E-state index contributed by atoms with van der Waals surface area (Å²) in [6, 6.07) is 4.49. The van der Waals surface area contributed by atoms with Crippen LogP contribution >= 0.6 is 0 Å². The first-order chi connectivity index (χ1) is 9.50. The van der Waals surface area contributed by atoms with E-state index in [1.165, 1.54) is 16.6 Å². The van der Waals surface area contributed by atoms with Crippen LogP contribution < -0.4 is 5.73 Å². The predicted molar refractivity (Wildman–Crippen MR) is 73.1 cm³/mol. The molecule has 1 aromatic heterocycles. The summed E-state index contributed by atoms with van der Waals surface area (Å²) in [5.41, 5.74) is 5.75. The fourth-order valence-corrected chi connectivity index (χ4v) is 4.22. The third-order valence-corrected chi connectivity index (χ3v) is 5.41. The van der Waals surface area contributed by atoms with Gasteiger partial charge in [0, 0.05) is 36.1 Å². The van der Waals surface area contributed by atoms with E-state index in [0.29, 0.717) is 18.4 Å². The molecule has 20 heavy (non-hydrogen) atoms. The van der Waals surface area contributed by atoms with Gasteiger partial charge in [0.1, 0.15) is 0 Å². The Balaban J connectivity index is 2.19. The minimum atomic E-state index is -3.74. The van der Waals surface area contributed by atoms with E-state index in [1.54, 1.807) is 12.1 Å². The zero-order chi connectivity index (χ0) is 14.3. The maximum Gasteiger partial charge on any atom is 0.243 e. The molecule has 0 saturated carbocycles. The van der Waals surface area contributed by atoms with Crippen LogP contribution in [0.5, 0.6) is 0 Å². The summed E-state index contributed by atoms with van der Waals surface area (Å²) in [6.07, 6.45) is 3.10. The molecule has 0 aliphatic carbocycles. The van der Waals surface area contributed by atoms with Crippen molar-refractivity contribution in [3.8, 4) is 0 Å². The Morgan fingerprint density at radius 1 is 1.35 bits per heavy atom. The summed E-state index contributed by atoms with van der Waals surface area (Å²) >= 11 is 0. The van der Waals surface area contributed by atoms with Crippen molar-refractivity contribution in [1.82, 2.24) is 9.29 Å². The smallest absolute Gasteiger partial charge is 0.243 e. The molecule has 0 bridgehead atoms. The van der Waals surface area contributed by atoms with E-state index < -0.39 is 15.8 Å². The van der Waals surface area contributed by atoms with Crippen LogP contribution in [-0.4, -0.2) is 36.8 Å². The van der Waals surface area contributed by atoms with Gasteiger partial charge in [-0.25, -0.2) is 12.8 Å². The fraction of sp³-hybridized carbons (Fsp3) is 0.308. The van der Waals surface area contributed by atoms with Crippen LogP contribution in [0.15, 0.2) is 35.5 Å². The lowest BCUT2D eigenvalue weighted by Crippen LogP contribution is -2.32. The van der Waals surface area contributed by atoms with Gasteiger partial charge in [0.15, 0.2) is 5.82 Å². The van der Waals surface area contributed by atoms with Gasteiger partial charge in [-0.2, -0.15) is 4.31 Å². The number of pyridine rings is 1. The molecule has 2 aromatic rings. The van der Waals surface area contributed by atoms with Crippen molar-refractivity contribution >= 4 is 20.8 Å². The van der Waals surface area contributed by atoms with Gasteiger partial charge < -0.3 is 5.73 Å². The molecular weight excluding hydrogens is 281 g/mol. The predicted octanol–water partition coefficient (Wildman–Crippen LogP) is 1.10. The van der Waals surface area contributed by atoms with Gasteiger partial charge in [0.25, 0.3) is 0 Å². The zero-order valence-electron chi connectivity index (χ0n) is 10.7. The maximum atomic E-state index is 14.0. The maximum absolute atomic E-state index is 14.0. The summed E-state index contributed by atoms with van der Waals surface area (Å²) in [5.74, 6) is -0.634. The topological polar surface area (TPSA) is 76.3 Å². The first-order valence-corrected chi connectivity index (χ1v) is 7.72. The van der Waals surface area contributed by atoms with Crippen LogP contribution in [0.25, 0.3) is 10.8 Å². The first-order valence-electron chi connectivity index (χ1n) is 6.28. The van der Waals surface area contributed by atoms with Crippen molar-refractivity contribution in [3.63, 3.8) is 0 Å². The molecule has 7 heteroatoms. The van der Waals surface area contributed by atoms with Gasteiger partial charge >= 0.3 is 0 Å². The number of fused-ring (bicyclic) bond motifs is 1. The molecular formula is C13H14FN3O2S. The van der Waals surface area contributed by atoms with E-state index in [1.807, 2.05) is 0 Å². The number of benzene rings is 1. The van der Waals surface area contributed by atoms with Crippen molar-refractivity contribution in [2.24, 2.45) is 5.73 Å². The summed E-state index contributed by atoms with van der Waals surface area (Å²) < 4.78 is 40.5. The lowest BCUT2D eigenvalue weighted by molar-refractivity contribution is 0.473. The van der Waals surface area contributed by atoms with E-state index in [9.17, 15) is 12.8 Å². The van der Waals surface area contributed by atoms with Gasteiger partial charge in [0.05, 0.1) is 11.1 Å². The first kappa shape index (κ1) is 13.4. The second-order valence-electron chi connectivity index (χ2n) is 4.89. The molecule has 1 aliphatic heterocycles. The highest BCUT2D eigenvalue weighted by molar-refractivity contribution is 7.89. The normalized spacial score (nSPS) is 20.6. The molecule has 2 N–H and O–H groups in total. The quantitative estimate of drug-likeness (QED) is 0.900. The highest BCUT2D eigenvalue weighted by atomic mass is 32.2. The number of hydrogen-bond acceptors (Lipinski definition) is 4. The SMILES string of the molecule is NC1CCN(S(=O)(=O)c2cccc3cncc(F)c23)C1. The molecule has 5 nitrogen and oxygen atoms in total. The van der Waals surface area contributed by atoms with Crippen molar-refractivity contribution in [3.05, 3.63) is 36.4 Å². The largest absolute Gasteiger partial charge is 0.326 e. The summed E-state index contributed by atoms with van der Waals surface area (Å²) in [5, 5.41) is 0.553. The van der Waals surface area contributed by atoms with E-state index >= 15 is 0 Å². The van der Waals surface area contributed by atoms with Crippen molar-refractivity contribution in [2.75, 3.05) is 13.1 Å². The van der Waals surface area contributed by atoms with Crippen LogP contribution in [-0.2, 0) is 10.0 Å². The number of nitrogens with two attached hydrogens (primary N) is 1. The number of rotatable bonds is 2. The number of sulfonamides is 1. The fourth-order valence-electron chi connectivity index (χ4n) is 2.49. The molecule has 0 spiro atoms. The molecule has 0 amide bonds. The molecule has 0 radical (unpaired) electrons. The Bertz CT molecular complexity index is 758. The molecule has 3 rings (SSSR count). The zero-order valence-corrected chi connectivity index (χ0v) is 11.5. The standard InChI is InChI=1S/C13H14FN3O2S/c14-11-7-16-6-9-2-1-3-12(13(9)11)20(18,19)17-5-4-10(15)8-17/h1-3,6-7,10H,4-5,8,15H2. The molecule has 1 unspecified atom stereocenters. The minimum Gasteiger partial charge on any atom is -0.326 e. The lowest BCUT2D eigenvalue weighted by Gasteiger charge is -2.17. The van der Waals surface area contributed by atoms with Gasteiger partial charge in [-0.05, 0) is 12.5 Å². The third-order valence-electron chi connectivity index (χ3n) is 3.50. The van der Waals surface area contributed by atoms with Gasteiger partial charge in [0.2, 0.25) is 10.0 Å². The Labute approximate surface area is 116 Å². The minimum absolute atomic E-state index is 0.0241. The van der Waals surface area contributed by atoms with E-state index in [0.717, 1.165) is 6.20 Å². The van der Waals surface area contributed by atoms with Gasteiger partial charge in [-0.3, -0.25) is 4.98 Å². The highest BCUT2D eigenvalue weighted by Crippen LogP contribution is 2.28. The Hall–Kier alpha value is -1.57. The molecule has 1 atom stereocenters. The third kappa shape index (κ3) is 2.07. The second kappa shape index (κ2) is 4.76. The van der Waals surface area contributed by atoms with Crippen LogP contribution in [0.2, 0.25) is 0 Å². The van der Waals surface area contributed by atoms with E-state index in [-0.39, 0.29) is 22.9 Å². The Kier molecular flexibility index (Phi) is 3.19. The van der Waals surface area contributed by atoms with Crippen LogP contribution in [0.4, 0.5) is 4.39 Å². The summed E-state index contributed by atoms with van der Waals surface area (Å²) in [6.45, 7) is 0.637. The number of hydrogen-bond donors (Lipinski definition) is 1. The second-order valence-corrected chi connectivity index (χ2v) is 6.79. The molecule has 1 fully saturated rings. The van der Waals surface area contributed by atoms with Gasteiger partial charge in [-0.15, -0.1) is 0 Å². The van der Waals surface area contributed by atoms with Crippen LogP contribution in [0.3, 0.4) is 0 Å². The molecule has 2 heterocycles. The number of nitrogens with zero attached hydrogens (tertiary/aromatic N) is 2. The average molecular weight is 295 g/mol. The van der Waals surface area contributed by atoms with Gasteiger partial charge in [-0.1, -0.05) is 12.1 Å². The molecule has 1 saturated heterocycles. The average Bonchev–Trinajstić information content (AvgIpc) is 2.86. The monoisotopic (exact) mass is 295 g/mol. The number of aromatic nitrogens is 1. The van der Waals surface area contributed by atoms with E-state index in [4.69, 9.17) is 5.73 Å². The lowest BCUT2D eigenvalue weighted by atomic mass is 10.2. The molecule has 106 valence electrons. The molecule has 1 aliphatic rings. The van der Waals surface area contributed by atoms with Crippen molar-refractivity contribution in [1.29, 1.82) is 0 Å². The van der Waals surface area contributed by atoms with Crippen LogP contribution in [0, 0.1) is 5.82 Å². The summed E-state index contributed by atoms with van der Waals surface area (Å²) in [4.78, 5) is 3.72. The highest BCUT2D eigenvalue weighted by Gasteiger charge is 2.32. The van der Waals surface area contributed by atoms with Crippen molar-refractivity contribution in [2.45, 2.75) is 17.4 Å². The number of halogens is 1.